The topological polar surface area (TPSA) is 93.1 Å². The Morgan fingerprint density at radius 3 is 1.23 bits per heavy atom. The molecule has 0 atom stereocenters. The summed E-state index contributed by atoms with van der Waals surface area (Å²) in [5, 5.41) is 17.3. The molecular formula is C20H38O6. The standard InChI is InChI=1S/C20H38O6/c21-15-9-5-11-17-25-19(23)13-7-3-1-2-4-8-14-20(24)26-18-12-6-10-16-22/h21-22H,1-18H2. The fourth-order valence-electron chi connectivity index (χ4n) is 2.54. The summed E-state index contributed by atoms with van der Waals surface area (Å²) >= 11 is 0. The maximum atomic E-state index is 11.5. The van der Waals surface area contributed by atoms with Gasteiger partial charge in [-0.15, -0.1) is 0 Å². The molecule has 6 nitrogen and oxygen atoms in total. The van der Waals surface area contributed by atoms with E-state index >= 15 is 0 Å². The molecule has 0 saturated heterocycles. The van der Waals surface area contributed by atoms with Crippen LogP contribution in [0.5, 0.6) is 0 Å². The van der Waals surface area contributed by atoms with Crippen LogP contribution in [-0.4, -0.2) is 48.6 Å². The van der Waals surface area contributed by atoms with Gasteiger partial charge in [0.25, 0.3) is 0 Å². The Hall–Kier alpha value is -1.14. The number of ether oxygens (including phenoxy) is 2. The SMILES string of the molecule is O=C(CCCCCCCCC(=O)OCCCCCO)OCCCCCO. The lowest BCUT2D eigenvalue weighted by atomic mass is 10.1. The van der Waals surface area contributed by atoms with Gasteiger partial charge >= 0.3 is 11.9 Å². The molecule has 154 valence electrons. The molecule has 0 aromatic carbocycles. The molecule has 0 bridgehead atoms. The lowest BCUT2D eigenvalue weighted by molar-refractivity contribution is -0.144. The van der Waals surface area contributed by atoms with E-state index < -0.39 is 0 Å². The molecule has 0 aliphatic rings. The highest BCUT2D eigenvalue weighted by atomic mass is 16.5. The quantitative estimate of drug-likeness (QED) is 0.265. The molecule has 0 saturated carbocycles. The van der Waals surface area contributed by atoms with Crippen LogP contribution in [0.4, 0.5) is 0 Å². The van der Waals surface area contributed by atoms with E-state index in [-0.39, 0.29) is 25.2 Å². The van der Waals surface area contributed by atoms with Gasteiger partial charge in [0.15, 0.2) is 0 Å². The van der Waals surface area contributed by atoms with Crippen molar-refractivity contribution < 1.29 is 29.3 Å². The first-order chi connectivity index (χ1) is 12.7. The van der Waals surface area contributed by atoms with Crippen molar-refractivity contribution in [2.45, 2.75) is 89.9 Å². The first-order valence-corrected chi connectivity index (χ1v) is 10.2. The average molecular weight is 375 g/mol. The van der Waals surface area contributed by atoms with Crippen LogP contribution in [0.15, 0.2) is 0 Å². The minimum absolute atomic E-state index is 0.129. The van der Waals surface area contributed by atoms with Gasteiger partial charge in [0.05, 0.1) is 13.2 Å². The Bertz CT molecular complexity index is 300. The van der Waals surface area contributed by atoms with Crippen LogP contribution in [0, 0.1) is 0 Å². The van der Waals surface area contributed by atoms with Crippen molar-refractivity contribution in [3.63, 3.8) is 0 Å². The van der Waals surface area contributed by atoms with Crippen molar-refractivity contribution in [3.8, 4) is 0 Å². The summed E-state index contributed by atoms with van der Waals surface area (Å²) in [6, 6.07) is 0. The Labute approximate surface area is 158 Å². The van der Waals surface area contributed by atoms with Crippen molar-refractivity contribution in [2.24, 2.45) is 0 Å². The summed E-state index contributed by atoms with van der Waals surface area (Å²) in [7, 11) is 0. The predicted molar refractivity (Wildman–Crippen MR) is 101 cm³/mol. The van der Waals surface area contributed by atoms with Gasteiger partial charge in [-0.25, -0.2) is 0 Å². The number of rotatable bonds is 19. The number of aliphatic hydroxyl groups excluding tert-OH is 2. The van der Waals surface area contributed by atoms with Crippen molar-refractivity contribution in [1.29, 1.82) is 0 Å². The van der Waals surface area contributed by atoms with Crippen LogP contribution >= 0.6 is 0 Å². The molecule has 0 heterocycles. The second kappa shape index (κ2) is 20.2. The maximum Gasteiger partial charge on any atom is 0.305 e. The van der Waals surface area contributed by atoms with Gasteiger partial charge in [-0.05, 0) is 51.4 Å². The zero-order chi connectivity index (χ0) is 19.3. The van der Waals surface area contributed by atoms with E-state index in [4.69, 9.17) is 19.7 Å². The van der Waals surface area contributed by atoms with E-state index in [2.05, 4.69) is 0 Å². The van der Waals surface area contributed by atoms with Gasteiger partial charge in [0, 0.05) is 26.1 Å². The molecule has 0 rings (SSSR count). The van der Waals surface area contributed by atoms with E-state index in [0.29, 0.717) is 26.1 Å². The van der Waals surface area contributed by atoms with Crippen molar-refractivity contribution >= 4 is 11.9 Å². The van der Waals surface area contributed by atoms with Crippen LogP contribution in [-0.2, 0) is 19.1 Å². The van der Waals surface area contributed by atoms with E-state index in [1.54, 1.807) is 0 Å². The molecule has 0 fully saturated rings. The molecule has 0 aromatic rings. The lowest BCUT2D eigenvalue weighted by Gasteiger charge is -2.05. The minimum Gasteiger partial charge on any atom is -0.466 e. The number of aliphatic hydroxyl groups is 2. The van der Waals surface area contributed by atoms with Gasteiger partial charge < -0.3 is 19.7 Å². The molecule has 0 unspecified atom stereocenters. The first kappa shape index (κ1) is 24.9. The second-order valence-electron chi connectivity index (χ2n) is 6.63. The molecule has 6 heteroatoms. The molecule has 0 aliphatic carbocycles. The van der Waals surface area contributed by atoms with E-state index in [9.17, 15) is 9.59 Å². The minimum atomic E-state index is -0.129. The van der Waals surface area contributed by atoms with Gasteiger partial charge in [0.1, 0.15) is 0 Å². The monoisotopic (exact) mass is 374 g/mol. The summed E-state index contributed by atoms with van der Waals surface area (Å²) in [6.45, 7) is 1.30. The molecular weight excluding hydrogens is 336 g/mol. The highest BCUT2D eigenvalue weighted by molar-refractivity contribution is 5.69. The number of unbranched alkanes of at least 4 members (excludes halogenated alkanes) is 9. The molecule has 0 spiro atoms. The van der Waals surface area contributed by atoms with E-state index in [0.717, 1.165) is 77.0 Å². The average Bonchev–Trinajstić information content (AvgIpc) is 2.63. The van der Waals surface area contributed by atoms with Crippen LogP contribution in [0.3, 0.4) is 0 Å². The largest absolute Gasteiger partial charge is 0.466 e. The summed E-state index contributed by atoms with van der Waals surface area (Å²) in [5.41, 5.74) is 0. The zero-order valence-corrected chi connectivity index (χ0v) is 16.3. The Morgan fingerprint density at radius 2 is 0.846 bits per heavy atom. The smallest absolute Gasteiger partial charge is 0.305 e. The fourth-order valence-corrected chi connectivity index (χ4v) is 2.54. The van der Waals surface area contributed by atoms with Crippen LogP contribution in [0.25, 0.3) is 0 Å². The lowest BCUT2D eigenvalue weighted by Crippen LogP contribution is -2.06. The van der Waals surface area contributed by atoms with Crippen LogP contribution < -0.4 is 0 Å². The highest BCUT2D eigenvalue weighted by Gasteiger charge is 2.04. The number of hydrogen-bond acceptors (Lipinski definition) is 6. The predicted octanol–water partition coefficient (Wildman–Crippen LogP) is 3.52. The Kier molecular flexibility index (Phi) is 19.3. The van der Waals surface area contributed by atoms with Crippen LogP contribution in [0.1, 0.15) is 89.9 Å². The summed E-state index contributed by atoms with van der Waals surface area (Å²) in [5.74, 6) is -0.258. The third-order valence-corrected chi connectivity index (χ3v) is 4.14. The summed E-state index contributed by atoms with van der Waals surface area (Å²) in [6.07, 6.45) is 11.8. The molecule has 2 N–H and O–H groups in total. The molecule has 26 heavy (non-hydrogen) atoms. The Balaban J connectivity index is 3.25. The van der Waals surface area contributed by atoms with Crippen LogP contribution in [0.2, 0.25) is 0 Å². The second-order valence-corrected chi connectivity index (χ2v) is 6.63. The third kappa shape index (κ3) is 19.2. The van der Waals surface area contributed by atoms with Gasteiger partial charge in [-0.1, -0.05) is 25.7 Å². The van der Waals surface area contributed by atoms with E-state index in [1.165, 1.54) is 0 Å². The molecule has 0 aliphatic heterocycles. The van der Waals surface area contributed by atoms with Crippen molar-refractivity contribution in [1.82, 2.24) is 0 Å². The molecule has 0 radical (unpaired) electrons. The summed E-state index contributed by atoms with van der Waals surface area (Å²) < 4.78 is 10.3. The van der Waals surface area contributed by atoms with E-state index in [1.807, 2.05) is 0 Å². The normalized spacial score (nSPS) is 10.7. The van der Waals surface area contributed by atoms with Crippen molar-refractivity contribution in [2.75, 3.05) is 26.4 Å². The number of carbonyl (C=O) groups excluding carboxylic acids is 2. The molecule has 0 amide bonds. The van der Waals surface area contributed by atoms with Gasteiger partial charge in [0.2, 0.25) is 0 Å². The summed E-state index contributed by atoms with van der Waals surface area (Å²) in [4.78, 5) is 23.0. The Morgan fingerprint density at radius 1 is 0.500 bits per heavy atom. The number of hydrogen-bond donors (Lipinski definition) is 2. The third-order valence-electron chi connectivity index (χ3n) is 4.14. The number of carbonyl (C=O) groups is 2. The zero-order valence-electron chi connectivity index (χ0n) is 16.3. The highest BCUT2D eigenvalue weighted by Crippen LogP contribution is 2.10. The fraction of sp³-hybridized carbons (Fsp3) is 0.900. The molecule has 0 aromatic heterocycles. The number of esters is 2. The first-order valence-electron chi connectivity index (χ1n) is 10.2. The van der Waals surface area contributed by atoms with Gasteiger partial charge in [-0.2, -0.15) is 0 Å². The maximum absolute atomic E-state index is 11.5. The van der Waals surface area contributed by atoms with Gasteiger partial charge in [-0.3, -0.25) is 9.59 Å². The van der Waals surface area contributed by atoms with Crippen molar-refractivity contribution in [3.05, 3.63) is 0 Å².